The number of hydrogen-bond donors (Lipinski definition) is 1. The molecule has 1 N–H and O–H groups in total. The molecule has 0 aliphatic carbocycles. The minimum Gasteiger partial charge on any atom is -0.477 e. The van der Waals surface area contributed by atoms with Crippen molar-refractivity contribution in [1.29, 1.82) is 0 Å². The topological polar surface area (TPSA) is 89.3 Å². The molecule has 7 heteroatoms. The van der Waals surface area contributed by atoms with E-state index in [0.29, 0.717) is 27.3 Å². The highest BCUT2D eigenvalue weighted by Crippen LogP contribution is 2.29. The number of aromatic nitrogens is 2. The average Bonchev–Trinajstić information content (AvgIpc) is 3.09. The fourth-order valence-corrected chi connectivity index (χ4v) is 4.65. The van der Waals surface area contributed by atoms with Crippen molar-refractivity contribution >= 4 is 33.3 Å². The van der Waals surface area contributed by atoms with E-state index < -0.39 is 11.5 Å². The van der Waals surface area contributed by atoms with Crippen LogP contribution in [0.5, 0.6) is 0 Å². The summed E-state index contributed by atoms with van der Waals surface area (Å²) in [5, 5.41) is 9.75. The number of benzene rings is 2. The highest BCUT2D eigenvalue weighted by atomic mass is 32.1. The lowest BCUT2D eigenvalue weighted by Gasteiger charge is -2.13. The van der Waals surface area contributed by atoms with Crippen molar-refractivity contribution in [2.45, 2.75) is 34.2 Å². The van der Waals surface area contributed by atoms with E-state index in [1.165, 1.54) is 4.57 Å². The molecular weight excluding hydrogens is 424 g/mol. The summed E-state index contributed by atoms with van der Waals surface area (Å²) in [4.78, 5) is 43.3. The van der Waals surface area contributed by atoms with E-state index in [0.717, 1.165) is 28.0 Å². The van der Waals surface area contributed by atoms with Gasteiger partial charge in [-0.1, -0.05) is 42.0 Å². The Morgan fingerprint density at radius 1 is 1.00 bits per heavy atom. The molecule has 0 radical (unpaired) electrons. The number of hydrogen-bond acceptors (Lipinski definition) is 5. The number of fused-ring (bicyclic) bond motifs is 1. The summed E-state index contributed by atoms with van der Waals surface area (Å²) < 4.78 is 1.36. The SMILES string of the molecule is Cc1ccc(-c2nc3sc(C(=O)O)c(C)c3c(=O)n2CC(=O)c2ccc(C)c(C)c2)cc1. The van der Waals surface area contributed by atoms with Crippen molar-refractivity contribution in [1.82, 2.24) is 9.55 Å². The molecule has 0 unspecified atom stereocenters. The molecule has 6 nitrogen and oxygen atoms in total. The first-order chi connectivity index (χ1) is 15.2. The molecule has 0 aliphatic heterocycles. The van der Waals surface area contributed by atoms with Crippen molar-refractivity contribution in [2.75, 3.05) is 0 Å². The number of ketones is 1. The number of aryl methyl sites for hydroxylation is 4. The fourth-order valence-electron chi connectivity index (χ4n) is 3.64. The second-order valence-corrected chi connectivity index (χ2v) is 8.96. The minimum absolute atomic E-state index is 0.0812. The van der Waals surface area contributed by atoms with Crippen LogP contribution in [-0.4, -0.2) is 26.4 Å². The van der Waals surface area contributed by atoms with E-state index in [4.69, 9.17) is 0 Å². The van der Waals surface area contributed by atoms with Crippen LogP contribution < -0.4 is 5.56 Å². The molecule has 4 rings (SSSR count). The molecule has 0 bridgehead atoms. The van der Waals surface area contributed by atoms with Gasteiger partial charge in [-0.25, -0.2) is 9.78 Å². The lowest BCUT2D eigenvalue weighted by atomic mass is 10.0. The normalized spacial score (nSPS) is 11.1. The molecule has 0 atom stereocenters. The van der Waals surface area contributed by atoms with Gasteiger partial charge in [0.05, 0.1) is 11.9 Å². The summed E-state index contributed by atoms with van der Waals surface area (Å²) in [6.07, 6.45) is 0. The zero-order chi connectivity index (χ0) is 23.2. The third kappa shape index (κ3) is 3.76. The van der Waals surface area contributed by atoms with Gasteiger partial charge in [0.15, 0.2) is 5.78 Å². The van der Waals surface area contributed by atoms with Gasteiger partial charge in [-0.05, 0) is 50.5 Å². The van der Waals surface area contributed by atoms with Crippen molar-refractivity contribution < 1.29 is 14.7 Å². The zero-order valence-electron chi connectivity index (χ0n) is 18.2. The highest BCUT2D eigenvalue weighted by molar-refractivity contribution is 7.20. The summed E-state index contributed by atoms with van der Waals surface area (Å²) in [5.74, 6) is -0.964. The number of carbonyl (C=O) groups excluding carboxylic acids is 1. The van der Waals surface area contributed by atoms with Gasteiger partial charge < -0.3 is 5.11 Å². The molecule has 32 heavy (non-hydrogen) atoms. The van der Waals surface area contributed by atoms with Gasteiger partial charge in [-0.15, -0.1) is 11.3 Å². The molecule has 0 aliphatic rings. The summed E-state index contributed by atoms with van der Waals surface area (Å²) in [5.41, 5.74) is 4.29. The van der Waals surface area contributed by atoms with E-state index >= 15 is 0 Å². The minimum atomic E-state index is -1.10. The van der Waals surface area contributed by atoms with Crippen molar-refractivity contribution in [3.8, 4) is 11.4 Å². The molecule has 162 valence electrons. The third-order valence-electron chi connectivity index (χ3n) is 5.68. The molecule has 4 aromatic rings. The maximum Gasteiger partial charge on any atom is 0.346 e. The molecule has 2 heterocycles. The van der Waals surface area contributed by atoms with E-state index in [1.807, 2.05) is 57.2 Å². The van der Waals surface area contributed by atoms with Crippen molar-refractivity contribution in [3.05, 3.63) is 85.5 Å². The maximum atomic E-state index is 13.5. The van der Waals surface area contributed by atoms with Gasteiger partial charge in [0.25, 0.3) is 5.56 Å². The third-order valence-corrected chi connectivity index (χ3v) is 6.86. The zero-order valence-corrected chi connectivity index (χ0v) is 19.0. The van der Waals surface area contributed by atoms with E-state index in [1.54, 1.807) is 13.0 Å². The Morgan fingerprint density at radius 2 is 1.69 bits per heavy atom. The molecule has 0 fully saturated rings. The van der Waals surface area contributed by atoms with Crippen LogP contribution in [0.25, 0.3) is 21.6 Å². The highest BCUT2D eigenvalue weighted by Gasteiger charge is 2.23. The number of thiophene rings is 1. The van der Waals surface area contributed by atoms with Crippen molar-refractivity contribution in [2.24, 2.45) is 0 Å². The van der Waals surface area contributed by atoms with Crippen LogP contribution in [0.2, 0.25) is 0 Å². The van der Waals surface area contributed by atoms with Crippen LogP contribution in [0.1, 0.15) is 42.3 Å². The lowest BCUT2D eigenvalue weighted by molar-refractivity contribution is 0.0701. The first-order valence-electron chi connectivity index (χ1n) is 10.1. The van der Waals surface area contributed by atoms with Gasteiger partial charge in [-0.2, -0.15) is 0 Å². The largest absolute Gasteiger partial charge is 0.477 e. The summed E-state index contributed by atoms with van der Waals surface area (Å²) >= 11 is 0.977. The van der Waals surface area contributed by atoms with E-state index in [2.05, 4.69) is 4.98 Å². The standard InChI is InChI=1S/C25H22N2O4S/c1-13-5-8-17(9-6-13)22-26-23-20(16(4)21(32-23)25(30)31)24(29)27(22)12-19(28)18-10-7-14(2)15(3)11-18/h5-11H,12H2,1-4H3,(H,30,31). The Hall–Kier alpha value is -3.58. The van der Waals surface area contributed by atoms with Crippen LogP contribution in [0, 0.1) is 27.7 Å². The van der Waals surface area contributed by atoms with Crippen LogP contribution in [0.3, 0.4) is 0 Å². The van der Waals surface area contributed by atoms with Gasteiger partial charge in [-0.3, -0.25) is 14.2 Å². The monoisotopic (exact) mass is 446 g/mol. The first-order valence-corrected chi connectivity index (χ1v) is 10.9. The number of rotatable bonds is 5. The smallest absolute Gasteiger partial charge is 0.346 e. The molecule has 2 aromatic carbocycles. The van der Waals surface area contributed by atoms with Crippen LogP contribution in [-0.2, 0) is 6.54 Å². The lowest BCUT2D eigenvalue weighted by Crippen LogP contribution is -2.27. The second kappa shape index (κ2) is 8.16. The van der Waals surface area contributed by atoms with E-state index in [-0.39, 0.29) is 22.6 Å². The molecule has 0 spiro atoms. The molecule has 0 amide bonds. The number of carbonyl (C=O) groups is 2. The average molecular weight is 447 g/mol. The van der Waals surface area contributed by atoms with Crippen LogP contribution >= 0.6 is 11.3 Å². The molecule has 0 saturated carbocycles. The Morgan fingerprint density at radius 3 is 2.31 bits per heavy atom. The molecule has 2 aromatic heterocycles. The number of carboxylic acid groups (broad SMARTS) is 1. The first kappa shape index (κ1) is 21.6. The Kier molecular flexibility index (Phi) is 5.52. The summed E-state index contributed by atoms with van der Waals surface area (Å²) in [6.45, 7) is 7.28. The van der Waals surface area contributed by atoms with Crippen LogP contribution in [0.15, 0.2) is 47.3 Å². The number of nitrogens with zero attached hydrogens (tertiary/aromatic N) is 2. The Labute approximate surface area is 188 Å². The van der Waals surface area contributed by atoms with Gasteiger partial charge in [0.1, 0.15) is 15.5 Å². The number of aromatic carboxylic acids is 1. The van der Waals surface area contributed by atoms with E-state index in [9.17, 15) is 19.5 Å². The Balaban J connectivity index is 1.93. The van der Waals surface area contributed by atoms with Crippen molar-refractivity contribution in [3.63, 3.8) is 0 Å². The quantitative estimate of drug-likeness (QED) is 0.439. The van der Waals surface area contributed by atoms with Gasteiger partial charge in [0, 0.05) is 11.1 Å². The van der Waals surface area contributed by atoms with Gasteiger partial charge >= 0.3 is 5.97 Å². The predicted molar refractivity (Wildman–Crippen MR) is 126 cm³/mol. The van der Waals surface area contributed by atoms with Crippen LogP contribution in [0.4, 0.5) is 0 Å². The summed E-state index contributed by atoms with van der Waals surface area (Å²) in [6, 6.07) is 13.0. The second-order valence-electron chi connectivity index (χ2n) is 7.96. The number of Topliss-reactive ketones (excluding diaryl/α,β-unsaturated/α-hetero) is 1. The van der Waals surface area contributed by atoms with Gasteiger partial charge in [0.2, 0.25) is 0 Å². The predicted octanol–water partition coefficient (Wildman–Crippen LogP) is 4.94. The fraction of sp³-hybridized carbons (Fsp3) is 0.200. The molecular formula is C25H22N2O4S. The molecule has 0 saturated heterocycles. The summed E-state index contributed by atoms with van der Waals surface area (Å²) in [7, 11) is 0. The maximum absolute atomic E-state index is 13.5. The Bertz CT molecular complexity index is 1450. The number of carboxylic acids is 1.